The van der Waals surface area contributed by atoms with Crippen molar-refractivity contribution in [1.29, 1.82) is 0 Å². The Morgan fingerprint density at radius 3 is 3.00 bits per heavy atom. The molecule has 2 fully saturated rings. The molecule has 2 atom stereocenters. The predicted molar refractivity (Wildman–Crippen MR) is 71.7 cm³/mol. The highest BCUT2D eigenvalue weighted by Gasteiger charge is 2.35. The first kappa shape index (κ1) is 14.2. The number of β-amino-alcohol motifs (C(OH)–C–C–N with tert-alkyl or cyclic N) is 1. The van der Waals surface area contributed by atoms with Crippen LogP contribution in [0.15, 0.2) is 18.2 Å². The standard InChI is InChI=1S/C14H17F2N3O2/c15-9-1-2-12(16)11(5-9)13(20)8-18-3-4-19-10(7-18)6-17-14(19)21/h1-2,5,10,13,20H,3-4,6-8H2,(H,17,21). The number of benzene rings is 1. The van der Waals surface area contributed by atoms with Crippen molar-refractivity contribution in [2.24, 2.45) is 0 Å². The molecule has 114 valence electrons. The third-order valence-electron chi connectivity index (χ3n) is 4.06. The molecule has 2 heterocycles. The fraction of sp³-hybridized carbons (Fsp3) is 0.500. The van der Waals surface area contributed by atoms with Crippen LogP contribution in [0, 0.1) is 11.6 Å². The third kappa shape index (κ3) is 2.84. The number of carbonyl (C=O) groups excluding carboxylic acids is 1. The predicted octanol–water partition coefficient (Wildman–Crippen LogP) is 0.708. The molecular formula is C14H17F2N3O2. The van der Waals surface area contributed by atoms with E-state index in [2.05, 4.69) is 5.32 Å². The molecular weight excluding hydrogens is 280 g/mol. The second-order valence-corrected chi connectivity index (χ2v) is 5.47. The number of nitrogens with one attached hydrogen (secondary N) is 1. The summed E-state index contributed by atoms with van der Waals surface area (Å²) in [6, 6.07) is 3.09. The quantitative estimate of drug-likeness (QED) is 0.864. The molecule has 2 N–H and O–H groups in total. The first-order valence-electron chi connectivity index (χ1n) is 6.94. The molecule has 2 unspecified atom stereocenters. The molecule has 0 radical (unpaired) electrons. The van der Waals surface area contributed by atoms with Crippen LogP contribution in [0.5, 0.6) is 0 Å². The number of amides is 2. The van der Waals surface area contributed by atoms with Crippen LogP contribution in [0.1, 0.15) is 11.7 Å². The Bertz CT molecular complexity index is 555. The lowest BCUT2D eigenvalue weighted by atomic mass is 10.1. The van der Waals surface area contributed by atoms with Crippen LogP contribution in [-0.4, -0.2) is 59.7 Å². The maximum atomic E-state index is 13.6. The average Bonchev–Trinajstić information content (AvgIpc) is 2.82. The van der Waals surface area contributed by atoms with E-state index >= 15 is 0 Å². The first-order valence-corrected chi connectivity index (χ1v) is 6.94. The molecule has 2 aliphatic heterocycles. The highest BCUT2D eigenvalue weighted by atomic mass is 19.1. The Kier molecular flexibility index (Phi) is 3.77. The minimum absolute atomic E-state index is 0.0296. The number of rotatable bonds is 3. The molecule has 1 aromatic carbocycles. The van der Waals surface area contributed by atoms with Crippen LogP contribution in [0.4, 0.5) is 13.6 Å². The monoisotopic (exact) mass is 297 g/mol. The van der Waals surface area contributed by atoms with Gasteiger partial charge in [0, 0.05) is 38.3 Å². The van der Waals surface area contributed by atoms with Crippen LogP contribution < -0.4 is 5.32 Å². The molecule has 7 heteroatoms. The van der Waals surface area contributed by atoms with Gasteiger partial charge < -0.3 is 15.3 Å². The molecule has 3 rings (SSSR count). The number of nitrogens with zero attached hydrogens (tertiary/aromatic N) is 2. The van der Waals surface area contributed by atoms with Gasteiger partial charge in [0.05, 0.1) is 12.1 Å². The number of aliphatic hydroxyl groups excluding tert-OH is 1. The largest absolute Gasteiger partial charge is 0.387 e. The van der Waals surface area contributed by atoms with Gasteiger partial charge in [-0.3, -0.25) is 4.90 Å². The van der Waals surface area contributed by atoms with E-state index < -0.39 is 17.7 Å². The summed E-state index contributed by atoms with van der Waals surface area (Å²) in [7, 11) is 0. The number of hydrogen-bond donors (Lipinski definition) is 2. The van der Waals surface area contributed by atoms with E-state index in [9.17, 15) is 18.7 Å². The summed E-state index contributed by atoms with van der Waals surface area (Å²) in [5.41, 5.74) is -0.0296. The minimum atomic E-state index is -1.09. The number of hydrogen-bond acceptors (Lipinski definition) is 3. The number of aliphatic hydroxyl groups is 1. The Hall–Kier alpha value is -1.73. The summed E-state index contributed by atoms with van der Waals surface area (Å²) in [6.45, 7) is 2.61. The number of carbonyl (C=O) groups is 1. The average molecular weight is 297 g/mol. The van der Waals surface area contributed by atoms with Gasteiger partial charge in [-0.25, -0.2) is 13.6 Å². The maximum Gasteiger partial charge on any atom is 0.317 e. The van der Waals surface area contributed by atoms with Gasteiger partial charge in [0.2, 0.25) is 0 Å². The van der Waals surface area contributed by atoms with Gasteiger partial charge in [0.15, 0.2) is 0 Å². The first-order chi connectivity index (χ1) is 10.0. The highest BCUT2D eigenvalue weighted by Crippen LogP contribution is 2.21. The molecule has 5 nitrogen and oxygen atoms in total. The maximum absolute atomic E-state index is 13.6. The lowest BCUT2D eigenvalue weighted by molar-refractivity contribution is 0.0663. The number of urea groups is 1. The lowest BCUT2D eigenvalue weighted by Gasteiger charge is -2.37. The summed E-state index contributed by atoms with van der Waals surface area (Å²) in [5, 5.41) is 12.9. The van der Waals surface area contributed by atoms with Crippen molar-refractivity contribution in [2.75, 3.05) is 32.7 Å². The van der Waals surface area contributed by atoms with E-state index in [1.54, 1.807) is 4.90 Å². The second kappa shape index (κ2) is 5.57. The summed E-state index contributed by atoms with van der Waals surface area (Å²) in [6.07, 6.45) is -1.09. The van der Waals surface area contributed by atoms with E-state index in [4.69, 9.17) is 0 Å². The van der Waals surface area contributed by atoms with Crippen molar-refractivity contribution in [2.45, 2.75) is 12.1 Å². The smallest absolute Gasteiger partial charge is 0.317 e. The van der Waals surface area contributed by atoms with Crippen LogP contribution in [0.2, 0.25) is 0 Å². The van der Waals surface area contributed by atoms with Crippen molar-refractivity contribution in [1.82, 2.24) is 15.1 Å². The number of halogens is 2. The van der Waals surface area contributed by atoms with Gasteiger partial charge in [0.25, 0.3) is 0 Å². The molecule has 0 spiro atoms. The zero-order valence-corrected chi connectivity index (χ0v) is 11.4. The van der Waals surface area contributed by atoms with Gasteiger partial charge in [-0.05, 0) is 18.2 Å². The Morgan fingerprint density at radius 2 is 2.19 bits per heavy atom. The number of fused-ring (bicyclic) bond motifs is 1. The van der Waals surface area contributed by atoms with Gasteiger partial charge in [-0.2, -0.15) is 0 Å². The summed E-state index contributed by atoms with van der Waals surface area (Å²) in [5.74, 6) is -1.18. The summed E-state index contributed by atoms with van der Waals surface area (Å²) < 4.78 is 26.8. The van der Waals surface area contributed by atoms with Crippen LogP contribution in [0.25, 0.3) is 0 Å². The van der Waals surface area contributed by atoms with E-state index in [-0.39, 0.29) is 24.2 Å². The van der Waals surface area contributed by atoms with Crippen molar-refractivity contribution < 1.29 is 18.7 Å². The molecule has 0 aliphatic carbocycles. The highest BCUT2D eigenvalue weighted by molar-refractivity contribution is 5.77. The zero-order chi connectivity index (χ0) is 15.0. The van der Waals surface area contributed by atoms with Gasteiger partial charge in [-0.1, -0.05) is 0 Å². The van der Waals surface area contributed by atoms with Crippen molar-refractivity contribution in [3.05, 3.63) is 35.4 Å². The van der Waals surface area contributed by atoms with Crippen molar-refractivity contribution in [3.8, 4) is 0 Å². The van der Waals surface area contributed by atoms with E-state index in [1.807, 2.05) is 4.90 Å². The minimum Gasteiger partial charge on any atom is -0.387 e. The van der Waals surface area contributed by atoms with Gasteiger partial charge in [-0.15, -0.1) is 0 Å². The molecule has 21 heavy (non-hydrogen) atoms. The molecule has 2 amide bonds. The SMILES string of the molecule is O=C1NCC2CN(CC(O)c3cc(F)ccc3F)CCN12. The summed E-state index contributed by atoms with van der Waals surface area (Å²) >= 11 is 0. The topological polar surface area (TPSA) is 55.8 Å². The fourth-order valence-electron chi connectivity index (χ4n) is 2.95. The molecule has 2 aliphatic rings. The lowest BCUT2D eigenvalue weighted by Crippen LogP contribution is -2.52. The van der Waals surface area contributed by atoms with Crippen molar-refractivity contribution >= 4 is 6.03 Å². The van der Waals surface area contributed by atoms with E-state index in [0.29, 0.717) is 26.2 Å². The van der Waals surface area contributed by atoms with E-state index in [1.165, 1.54) is 0 Å². The molecule has 0 bridgehead atoms. The Labute approximate surface area is 121 Å². The zero-order valence-electron chi connectivity index (χ0n) is 11.4. The molecule has 1 aromatic rings. The van der Waals surface area contributed by atoms with Gasteiger partial charge in [0.1, 0.15) is 11.6 Å². The van der Waals surface area contributed by atoms with Crippen molar-refractivity contribution in [3.63, 3.8) is 0 Å². The van der Waals surface area contributed by atoms with E-state index in [0.717, 1.165) is 18.2 Å². The van der Waals surface area contributed by atoms with Crippen LogP contribution in [0.3, 0.4) is 0 Å². The Morgan fingerprint density at radius 1 is 1.38 bits per heavy atom. The summed E-state index contributed by atoms with van der Waals surface area (Å²) in [4.78, 5) is 15.2. The third-order valence-corrected chi connectivity index (χ3v) is 4.06. The van der Waals surface area contributed by atoms with Gasteiger partial charge >= 0.3 is 6.03 Å². The second-order valence-electron chi connectivity index (χ2n) is 5.47. The molecule has 0 saturated carbocycles. The molecule has 2 saturated heterocycles. The van der Waals surface area contributed by atoms with Crippen LogP contribution in [-0.2, 0) is 0 Å². The Balaban J connectivity index is 1.64. The van der Waals surface area contributed by atoms with Crippen LogP contribution >= 0.6 is 0 Å². The molecule has 0 aromatic heterocycles. The fourth-order valence-corrected chi connectivity index (χ4v) is 2.95. The normalized spacial score (nSPS) is 23.9. The number of piperazine rings is 1.